The molecule has 0 aliphatic carbocycles. The lowest BCUT2D eigenvalue weighted by Crippen LogP contribution is -2.53. The zero-order chi connectivity index (χ0) is 14.8. The summed E-state index contributed by atoms with van der Waals surface area (Å²) < 4.78 is 0. The molecular weight excluding hydrogens is 278 g/mol. The van der Waals surface area contributed by atoms with Crippen molar-refractivity contribution in [1.29, 1.82) is 0 Å². The van der Waals surface area contributed by atoms with Gasteiger partial charge in [0.15, 0.2) is 14.8 Å². The first kappa shape index (κ1) is 13.5. The number of nitrogens with one attached hydrogen (secondary N) is 1. The minimum Gasteiger partial charge on any atom is -0.339 e. The summed E-state index contributed by atoms with van der Waals surface area (Å²) in [5, 5.41) is 48.9. The van der Waals surface area contributed by atoms with Gasteiger partial charge in [-0.3, -0.25) is 30.3 Å². The zero-order valence-electron chi connectivity index (χ0n) is 8.34. The van der Waals surface area contributed by atoms with Crippen molar-refractivity contribution in [3.05, 3.63) is 46.3 Å². The monoisotopic (exact) mass is 279 g/mol. The van der Waals surface area contributed by atoms with E-state index < -0.39 is 31.4 Å². The number of tetrazole rings is 1. The lowest BCUT2D eigenvalue weighted by atomic mass is 10.3. The van der Waals surface area contributed by atoms with E-state index in [-0.39, 0.29) is 4.79 Å². The fourth-order valence-corrected chi connectivity index (χ4v) is 0.986. The zero-order valence-corrected chi connectivity index (χ0v) is 8.34. The van der Waals surface area contributed by atoms with E-state index in [1.807, 2.05) is 0 Å². The van der Waals surface area contributed by atoms with Crippen LogP contribution in [-0.4, -0.2) is 40.1 Å². The van der Waals surface area contributed by atoms with Gasteiger partial charge in [0.05, 0.1) is 10.2 Å². The topological polar surface area (TPSA) is 228 Å². The van der Waals surface area contributed by atoms with E-state index in [2.05, 4.69) is 15.5 Å². The maximum atomic E-state index is 10.7. The van der Waals surface area contributed by atoms with Crippen LogP contribution >= 0.6 is 0 Å². The van der Waals surface area contributed by atoms with Gasteiger partial charge >= 0.3 is 11.6 Å². The van der Waals surface area contributed by atoms with E-state index in [0.717, 1.165) is 5.53 Å². The molecular formula is C2HN9O8. The summed E-state index contributed by atoms with van der Waals surface area (Å²) in [6.45, 7) is 0. The van der Waals surface area contributed by atoms with Crippen LogP contribution in [0.5, 0.6) is 0 Å². The Morgan fingerprint density at radius 2 is 1.47 bits per heavy atom. The van der Waals surface area contributed by atoms with Crippen molar-refractivity contribution in [2.24, 2.45) is 0 Å². The highest BCUT2D eigenvalue weighted by atomic mass is 16.7. The molecule has 17 nitrogen and oxygen atoms in total. The average Bonchev–Trinajstić information content (AvgIpc) is 2.64. The molecule has 1 aromatic rings. The molecule has 0 amide bonds. The Bertz CT molecular complexity index is 524. The molecule has 0 spiro atoms. The summed E-state index contributed by atoms with van der Waals surface area (Å²) >= 11 is 0. The van der Waals surface area contributed by atoms with Crippen molar-refractivity contribution in [2.45, 2.75) is 5.79 Å². The largest absolute Gasteiger partial charge is 0.789 e. The van der Waals surface area contributed by atoms with Crippen molar-refractivity contribution < 1.29 is 19.8 Å². The van der Waals surface area contributed by atoms with Gasteiger partial charge in [-0.1, -0.05) is 5.10 Å². The number of hydrogen-bond donors (Lipinski definition) is 1. The standard InChI is InChI=1S/C2HN9O8/c12-8(13)2(9(14)15,10(16)17)1-3-4-5-7(1)6-11(18)19/h6H. The van der Waals surface area contributed by atoms with Crippen molar-refractivity contribution in [2.75, 3.05) is 5.53 Å². The Morgan fingerprint density at radius 1 is 1.00 bits per heavy atom. The van der Waals surface area contributed by atoms with Gasteiger partial charge in [-0.15, -0.1) is 0 Å². The summed E-state index contributed by atoms with van der Waals surface area (Å²) in [5.41, 5.74) is 1.11. The summed E-state index contributed by atoms with van der Waals surface area (Å²) in [4.78, 5) is 36.2. The Kier molecular flexibility index (Phi) is 3.12. The first-order valence-corrected chi connectivity index (χ1v) is 3.88. The Hall–Kier alpha value is -3.53. The van der Waals surface area contributed by atoms with Gasteiger partial charge in [-0.25, -0.2) is 0 Å². The van der Waals surface area contributed by atoms with Gasteiger partial charge in [0.1, 0.15) is 0 Å². The van der Waals surface area contributed by atoms with Crippen LogP contribution in [-0.2, 0) is 5.79 Å². The summed E-state index contributed by atoms with van der Waals surface area (Å²) in [5.74, 6) is -5.77. The molecule has 0 radical (unpaired) electrons. The number of nitro groups is 4. The third-order valence-electron chi connectivity index (χ3n) is 1.71. The SMILES string of the molecule is O=[N+]([O-])Nn1nnnc1C([N+](=O)[O-])([N+](=O)[O-])[N+](=O)[O-]. The van der Waals surface area contributed by atoms with Crippen LogP contribution in [0.2, 0.25) is 0 Å². The molecule has 0 saturated heterocycles. The molecule has 0 unspecified atom stereocenters. The third-order valence-corrected chi connectivity index (χ3v) is 1.71. The first-order chi connectivity index (χ1) is 8.74. The van der Waals surface area contributed by atoms with Crippen molar-refractivity contribution in [3.63, 3.8) is 0 Å². The number of hydrazine groups is 1. The molecule has 0 aliphatic rings. The van der Waals surface area contributed by atoms with Crippen molar-refractivity contribution >= 4 is 0 Å². The molecule has 0 fully saturated rings. The maximum Gasteiger partial charge on any atom is 0.789 e. The number of nitrogens with zero attached hydrogens (tertiary/aromatic N) is 8. The maximum absolute atomic E-state index is 10.7. The van der Waals surface area contributed by atoms with E-state index in [1.54, 1.807) is 0 Å². The smallest absolute Gasteiger partial charge is 0.339 e. The molecule has 19 heavy (non-hydrogen) atoms. The molecule has 0 saturated carbocycles. The molecule has 0 bridgehead atoms. The lowest BCUT2D eigenvalue weighted by Gasteiger charge is -2.04. The Labute approximate surface area is 98.9 Å². The number of rotatable bonds is 6. The highest BCUT2D eigenvalue weighted by molar-refractivity contribution is 4.88. The second-order valence-electron chi connectivity index (χ2n) is 2.68. The van der Waals surface area contributed by atoms with Crippen molar-refractivity contribution in [3.8, 4) is 0 Å². The average molecular weight is 279 g/mol. The van der Waals surface area contributed by atoms with Gasteiger partial charge in [0.2, 0.25) is 0 Å². The van der Waals surface area contributed by atoms with Crippen LogP contribution in [0.15, 0.2) is 0 Å². The quantitative estimate of drug-likeness (QED) is 0.319. The highest BCUT2D eigenvalue weighted by Gasteiger charge is 2.80. The second-order valence-corrected chi connectivity index (χ2v) is 2.68. The second kappa shape index (κ2) is 4.38. The lowest BCUT2D eigenvalue weighted by molar-refractivity contribution is -0.987. The van der Waals surface area contributed by atoms with Crippen LogP contribution in [0, 0.1) is 40.5 Å². The minimum atomic E-state index is -4.17. The molecule has 0 atom stereocenters. The fraction of sp³-hybridized carbons (Fsp3) is 0.500. The number of hydrogen-bond acceptors (Lipinski definition) is 11. The van der Waals surface area contributed by atoms with Crippen LogP contribution < -0.4 is 5.53 Å². The van der Waals surface area contributed by atoms with E-state index >= 15 is 0 Å². The molecule has 1 heterocycles. The molecule has 102 valence electrons. The van der Waals surface area contributed by atoms with E-state index in [0.29, 0.717) is 0 Å². The van der Waals surface area contributed by atoms with E-state index in [9.17, 15) is 40.5 Å². The van der Waals surface area contributed by atoms with Gasteiger partial charge in [0.25, 0.3) is 0 Å². The Balaban J connectivity index is 3.55. The fourth-order valence-electron chi connectivity index (χ4n) is 0.986. The van der Waals surface area contributed by atoms with E-state index in [4.69, 9.17) is 0 Å². The minimum absolute atomic E-state index is 0.256. The van der Waals surface area contributed by atoms with Gasteiger partial charge < -0.3 is 10.1 Å². The molecule has 0 aromatic carbocycles. The number of aromatic nitrogens is 4. The first-order valence-electron chi connectivity index (χ1n) is 3.88. The third kappa shape index (κ3) is 1.89. The molecule has 0 aliphatic heterocycles. The van der Waals surface area contributed by atoms with E-state index in [1.165, 1.54) is 0 Å². The molecule has 17 heteroatoms. The van der Waals surface area contributed by atoms with Crippen LogP contribution in [0.1, 0.15) is 5.82 Å². The normalized spacial score (nSPS) is 10.7. The van der Waals surface area contributed by atoms with Gasteiger partial charge in [0, 0.05) is 10.0 Å². The predicted octanol–water partition coefficient (Wildman–Crippen LogP) is -2.65. The molecule has 1 rings (SSSR count). The highest BCUT2D eigenvalue weighted by Crippen LogP contribution is 2.23. The summed E-state index contributed by atoms with van der Waals surface area (Å²) in [7, 11) is 0. The Morgan fingerprint density at radius 3 is 1.84 bits per heavy atom. The predicted molar refractivity (Wildman–Crippen MR) is 46.8 cm³/mol. The van der Waals surface area contributed by atoms with Gasteiger partial charge in [-0.05, 0) is 5.53 Å². The summed E-state index contributed by atoms with van der Waals surface area (Å²) in [6, 6.07) is 0. The van der Waals surface area contributed by atoms with Crippen molar-refractivity contribution in [1.82, 2.24) is 20.3 Å². The molecule has 1 aromatic heterocycles. The van der Waals surface area contributed by atoms with Crippen LogP contribution in [0.3, 0.4) is 0 Å². The van der Waals surface area contributed by atoms with Crippen LogP contribution in [0.25, 0.3) is 0 Å². The van der Waals surface area contributed by atoms with Crippen LogP contribution in [0.4, 0.5) is 0 Å². The summed E-state index contributed by atoms with van der Waals surface area (Å²) in [6.07, 6.45) is 0. The van der Waals surface area contributed by atoms with Gasteiger partial charge in [-0.2, -0.15) is 0 Å². The molecule has 1 N–H and O–H groups in total.